The van der Waals surface area contributed by atoms with Gasteiger partial charge in [-0.1, -0.05) is 26.0 Å². The average molecular weight is 352 g/mol. The van der Waals surface area contributed by atoms with Crippen molar-refractivity contribution in [2.75, 3.05) is 6.54 Å². The molecule has 1 atom stereocenters. The lowest BCUT2D eigenvalue weighted by Gasteiger charge is -2.16. The van der Waals surface area contributed by atoms with Gasteiger partial charge in [-0.3, -0.25) is 9.36 Å². The number of halogens is 3. The number of aromatic nitrogens is 3. The number of nitrogens with zero attached hydrogens (tertiary/aromatic N) is 3. The molecule has 0 fully saturated rings. The molecule has 1 aliphatic rings. The molecule has 0 saturated heterocycles. The van der Waals surface area contributed by atoms with Gasteiger partial charge in [-0.15, -0.1) is 10.2 Å². The summed E-state index contributed by atoms with van der Waals surface area (Å²) in [5.74, 6) is 1.08. The second kappa shape index (κ2) is 6.50. The van der Waals surface area contributed by atoms with Crippen LogP contribution in [0.4, 0.5) is 13.2 Å². The van der Waals surface area contributed by atoms with Gasteiger partial charge in [-0.05, 0) is 24.5 Å². The number of rotatable bonds is 4. The van der Waals surface area contributed by atoms with Crippen molar-refractivity contribution in [1.82, 2.24) is 20.1 Å². The van der Waals surface area contributed by atoms with E-state index in [4.69, 9.17) is 0 Å². The Bertz CT molecular complexity index is 782. The summed E-state index contributed by atoms with van der Waals surface area (Å²) in [5, 5.41) is 10.9. The number of amides is 1. The van der Waals surface area contributed by atoms with Gasteiger partial charge in [0.15, 0.2) is 5.82 Å². The van der Waals surface area contributed by atoms with Crippen LogP contribution >= 0.6 is 0 Å². The van der Waals surface area contributed by atoms with Gasteiger partial charge >= 0.3 is 6.18 Å². The molecule has 1 amide bonds. The normalized spacial score (nSPS) is 17.0. The van der Waals surface area contributed by atoms with Crippen LogP contribution in [0.3, 0.4) is 0 Å². The lowest BCUT2D eigenvalue weighted by Crippen LogP contribution is -2.33. The van der Waals surface area contributed by atoms with Crippen LogP contribution in [0, 0.1) is 5.92 Å². The number of hydrogen-bond acceptors (Lipinski definition) is 3. The fraction of sp³-hybridized carbons (Fsp3) is 0.471. The number of benzene rings is 1. The van der Waals surface area contributed by atoms with Crippen LogP contribution in [-0.2, 0) is 17.4 Å². The molecule has 8 heteroatoms. The van der Waals surface area contributed by atoms with E-state index in [9.17, 15) is 18.0 Å². The van der Waals surface area contributed by atoms with Crippen LogP contribution in [0.5, 0.6) is 0 Å². The van der Waals surface area contributed by atoms with E-state index in [-0.39, 0.29) is 5.91 Å². The van der Waals surface area contributed by atoms with Gasteiger partial charge in [0, 0.05) is 18.5 Å². The Morgan fingerprint density at radius 3 is 2.80 bits per heavy atom. The summed E-state index contributed by atoms with van der Waals surface area (Å²) < 4.78 is 40.5. The van der Waals surface area contributed by atoms with Gasteiger partial charge in [0.2, 0.25) is 5.91 Å². The largest absolute Gasteiger partial charge is 0.416 e. The molecule has 0 spiro atoms. The third-order valence-corrected chi connectivity index (χ3v) is 4.15. The SMILES string of the molecule is CC(C)CNC(=O)C1CCc2nnc(-c3cccc(C(F)(F)F)c3)n21. The number of hydrogen-bond donors (Lipinski definition) is 1. The summed E-state index contributed by atoms with van der Waals surface area (Å²) in [4.78, 5) is 12.5. The molecule has 2 heterocycles. The Hall–Kier alpha value is -2.38. The molecule has 2 aromatic rings. The minimum absolute atomic E-state index is 0.152. The van der Waals surface area contributed by atoms with Gasteiger partial charge < -0.3 is 5.32 Å². The summed E-state index contributed by atoms with van der Waals surface area (Å²) in [6.07, 6.45) is -3.29. The Labute approximate surface area is 143 Å². The molecule has 25 heavy (non-hydrogen) atoms. The molecule has 0 bridgehead atoms. The number of fused-ring (bicyclic) bond motifs is 1. The standard InChI is InChI=1S/C17H19F3N4O/c1-10(2)9-21-16(25)13-6-7-14-22-23-15(24(13)14)11-4-3-5-12(8-11)17(18,19)20/h3-5,8,10,13H,6-7,9H2,1-2H3,(H,21,25). The van der Waals surface area contributed by atoms with Crippen molar-refractivity contribution in [3.05, 3.63) is 35.7 Å². The zero-order valence-corrected chi connectivity index (χ0v) is 14.0. The Kier molecular flexibility index (Phi) is 4.53. The molecule has 0 radical (unpaired) electrons. The Morgan fingerprint density at radius 2 is 2.12 bits per heavy atom. The summed E-state index contributed by atoms with van der Waals surface area (Å²) in [6.45, 7) is 4.53. The number of carbonyl (C=O) groups is 1. The monoisotopic (exact) mass is 352 g/mol. The quantitative estimate of drug-likeness (QED) is 0.919. The van der Waals surface area contributed by atoms with Crippen LogP contribution in [0.15, 0.2) is 24.3 Å². The first-order valence-corrected chi connectivity index (χ1v) is 8.16. The van der Waals surface area contributed by atoms with E-state index in [0.29, 0.717) is 42.5 Å². The fourth-order valence-corrected chi connectivity index (χ4v) is 2.92. The highest BCUT2D eigenvalue weighted by atomic mass is 19.4. The topological polar surface area (TPSA) is 59.8 Å². The summed E-state index contributed by atoms with van der Waals surface area (Å²) in [5.41, 5.74) is -0.446. The predicted octanol–water partition coefficient (Wildman–Crippen LogP) is 3.22. The van der Waals surface area contributed by atoms with Crippen molar-refractivity contribution in [2.45, 2.75) is 38.9 Å². The summed E-state index contributed by atoms with van der Waals surface area (Å²) in [7, 11) is 0. The molecule has 0 aliphatic carbocycles. The third-order valence-electron chi connectivity index (χ3n) is 4.15. The second-order valence-electron chi connectivity index (χ2n) is 6.58. The number of alkyl halides is 3. The Balaban J connectivity index is 1.93. The van der Waals surface area contributed by atoms with Crippen LogP contribution in [0.25, 0.3) is 11.4 Å². The van der Waals surface area contributed by atoms with Crippen molar-refractivity contribution >= 4 is 5.91 Å². The van der Waals surface area contributed by atoms with E-state index in [1.54, 1.807) is 10.6 Å². The van der Waals surface area contributed by atoms with Crippen molar-refractivity contribution in [3.8, 4) is 11.4 Å². The smallest absolute Gasteiger partial charge is 0.354 e. The number of nitrogens with one attached hydrogen (secondary N) is 1. The van der Waals surface area contributed by atoms with Gasteiger partial charge in [0.05, 0.1) is 5.56 Å². The van der Waals surface area contributed by atoms with E-state index >= 15 is 0 Å². The van der Waals surface area contributed by atoms with Gasteiger partial charge in [0.25, 0.3) is 0 Å². The maximum absolute atomic E-state index is 13.0. The Morgan fingerprint density at radius 1 is 1.36 bits per heavy atom. The molecule has 1 aromatic carbocycles. The lowest BCUT2D eigenvalue weighted by atomic mass is 10.1. The third kappa shape index (κ3) is 3.52. The maximum atomic E-state index is 13.0. The minimum atomic E-state index is -4.43. The fourth-order valence-electron chi connectivity index (χ4n) is 2.92. The molecular weight excluding hydrogens is 333 g/mol. The lowest BCUT2D eigenvalue weighted by molar-refractivity contribution is -0.137. The summed E-state index contributed by atoms with van der Waals surface area (Å²) in [6, 6.07) is 4.44. The molecule has 1 aromatic heterocycles. The summed E-state index contributed by atoms with van der Waals surface area (Å²) >= 11 is 0. The number of carbonyl (C=O) groups excluding carboxylic acids is 1. The highest BCUT2D eigenvalue weighted by Crippen LogP contribution is 2.35. The predicted molar refractivity (Wildman–Crippen MR) is 85.7 cm³/mol. The first kappa shape index (κ1) is 17.4. The molecule has 1 aliphatic heterocycles. The highest BCUT2D eigenvalue weighted by molar-refractivity contribution is 5.81. The van der Waals surface area contributed by atoms with Crippen molar-refractivity contribution in [3.63, 3.8) is 0 Å². The van der Waals surface area contributed by atoms with Crippen LogP contribution in [-0.4, -0.2) is 27.2 Å². The van der Waals surface area contributed by atoms with E-state index in [1.807, 2.05) is 13.8 Å². The van der Waals surface area contributed by atoms with Gasteiger partial charge in [-0.2, -0.15) is 13.2 Å². The maximum Gasteiger partial charge on any atom is 0.416 e. The van der Waals surface area contributed by atoms with Gasteiger partial charge in [-0.25, -0.2) is 0 Å². The molecule has 1 N–H and O–H groups in total. The number of aryl methyl sites for hydroxylation is 1. The van der Waals surface area contributed by atoms with Crippen molar-refractivity contribution in [2.24, 2.45) is 5.92 Å². The average Bonchev–Trinajstić information content (AvgIpc) is 3.13. The first-order chi connectivity index (χ1) is 11.8. The molecule has 0 saturated carbocycles. The van der Waals surface area contributed by atoms with Gasteiger partial charge in [0.1, 0.15) is 11.9 Å². The molecule has 134 valence electrons. The molecule has 3 rings (SSSR count). The zero-order valence-electron chi connectivity index (χ0n) is 14.0. The zero-order chi connectivity index (χ0) is 18.2. The first-order valence-electron chi connectivity index (χ1n) is 8.16. The molecule has 1 unspecified atom stereocenters. The molecular formula is C17H19F3N4O. The van der Waals surface area contributed by atoms with E-state index < -0.39 is 17.8 Å². The van der Waals surface area contributed by atoms with Crippen molar-refractivity contribution < 1.29 is 18.0 Å². The van der Waals surface area contributed by atoms with E-state index in [1.165, 1.54) is 6.07 Å². The minimum Gasteiger partial charge on any atom is -0.354 e. The highest BCUT2D eigenvalue weighted by Gasteiger charge is 2.34. The molecule has 5 nitrogen and oxygen atoms in total. The van der Waals surface area contributed by atoms with Crippen molar-refractivity contribution in [1.29, 1.82) is 0 Å². The van der Waals surface area contributed by atoms with Crippen LogP contribution in [0.1, 0.15) is 37.7 Å². The van der Waals surface area contributed by atoms with E-state index in [2.05, 4.69) is 15.5 Å². The second-order valence-corrected chi connectivity index (χ2v) is 6.58. The van der Waals surface area contributed by atoms with E-state index in [0.717, 1.165) is 12.1 Å². The van der Waals surface area contributed by atoms with Crippen LogP contribution in [0.2, 0.25) is 0 Å². The van der Waals surface area contributed by atoms with Crippen LogP contribution < -0.4 is 5.32 Å².